The van der Waals surface area contributed by atoms with Gasteiger partial charge in [0.15, 0.2) is 0 Å². The quantitative estimate of drug-likeness (QED) is 0.656. The Hall–Kier alpha value is -0.790. The van der Waals surface area contributed by atoms with Gasteiger partial charge in [-0.1, -0.05) is 31.9 Å². The van der Waals surface area contributed by atoms with Crippen molar-refractivity contribution in [1.82, 2.24) is 4.90 Å². The number of allylic oxidation sites excluding steroid dienone is 2. The van der Waals surface area contributed by atoms with Crippen molar-refractivity contribution in [3.8, 4) is 0 Å². The lowest BCUT2D eigenvalue weighted by molar-refractivity contribution is -0.137. The number of hydrogen-bond donors (Lipinski definition) is 0. The Bertz CT molecular complexity index is 264. The molecule has 0 saturated carbocycles. The minimum absolute atomic E-state index is 0.257. The monoisotopic (exact) mass is 221 g/mol. The number of likely N-dealkylation sites (tertiary alicyclic amines) is 1. The SMILES string of the molecule is CC[C@H]1CCCCCN1C(=O)C1CC=CC1. The molecule has 1 saturated heterocycles. The molecule has 0 N–H and O–H groups in total. The van der Waals surface area contributed by atoms with E-state index in [1.54, 1.807) is 0 Å². The topological polar surface area (TPSA) is 20.3 Å². The first-order chi connectivity index (χ1) is 7.83. The highest BCUT2D eigenvalue weighted by Gasteiger charge is 2.29. The standard InChI is InChI=1S/C14H23NO/c1-2-13-10-4-3-7-11-15(13)14(16)12-8-5-6-9-12/h5-6,12-13H,2-4,7-11H2,1H3/t13-/m0/s1. The molecule has 1 amide bonds. The fourth-order valence-corrected chi connectivity index (χ4v) is 2.95. The van der Waals surface area contributed by atoms with Crippen LogP contribution in [0.2, 0.25) is 0 Å². The van der Waals surface area contributed by atoms with E-state index in [9.17, 15) is 4.79 Å². The fraction of sp³-hybridized carbons (Fsp3) is 0.786. The van der Waals surface area contributed by atoms with Crippen molar-refractivity contribution in [3.05, 3.63) is 12.2 Å². The molecule has 1 aliphatic heterocycles. The van der Waals surface area contributed by atoms with E-state index >= 15 is 0 Å². The van der Waals surface area contributed by atoms with Crippen LogP contribution in [0.3, 0.4) is 0 Å². The summed E-state index contributed by atoms with van der Waals surface area (Å²) in [7, 11) is 0. The Morgan fingerprint density at radius 1 is 1.25 bits per heavy atom. The second kappa shape index (κ2) is 5.51. The van der Waals surface area contributed by atoms with E-state index < -0.39 is 0 Å². The zero-order chi connectivity index (χ0) is 11.4. The van der Waals surface area contributed by atoms with Gasteiger partial charge >= 0.3 is 0 Å². The molecule has 0 radical (unpaired) electrons. The van der Waals surface area contributed by atoms with Crippen LogP contribution in [-0.2, 0) is 4.79 Å². The Morgan fingerprint density at radius 2 is 2.00 bits per heavy atom. The smallest absolute Gasteiger partial charge is 0.226 e. The Balaban J connectivity index is 2.00. The third-order valence-corrected chi connectivity index (χ3v) is 3.99. The maximum Gasteiger partial charge on any atom is 0.226 e. The Labute approximate surface area is 98.7 Å². The summed E-state index contributed by atoms with van der Waals surface area (Å²) >= 11 is 0. The fourth-order valence-electron chi connectivity index (χ4n) is 2.95. The molecule has 2 rings (SSSR count). The number of nitrogens with zero attached hydrogens (tertiary/aromatic N) is 1. The number of amides is 1. The molecule has 0 spiro atoms. The second-order valence-corrected chi connectivity index (χ2v) is 5.08. The summed E-state index contributed by atoms with van der Waals surface area (Å²) in [5.74, 6) is 0.672. The van der Waals surface area contributed by atoms with Gasteiger partial charge in [0.25, 0.3) is 0 Å². The van der Waals surface area contributed by atoms with E-state index in [0.29, 0.717) is 11.9 Å². The zero-order valence-corrected chi connectivity index (χ0v) is 10.3. The Morgan fingerprint density at radius 3 is 2.69 bits per heavy atom. The van der Waals surface area contributed by atoms with E-state index in [4.69, 9.17) is 0 Å². The maximum absolute atomic E-state index is 12.4. The van der Waals surface area contributed by atoms with Crippen molar-refractivity contribution in [2.75, 3.05) is 6.54 Å². The van der Waals surface area contributed by atoms with Crippen molar-refractivity contribution in [2.24, 2.45) is 5.92 Å². The molecule has 1 aliphatic carbocycles. The molecule has 90 valence electrons. The van der Waals surface area contributed by atoms with Gasteiger partial charge in [-0.25, -0.2) is 0 Å². The van der Waals surface area contributed by atoms with Gasteiger partial charge in [-0.2, -0.15) is 0 Å². The summed E-state index contributed by atoms with van der Waals surface area (Å²) < 4.78 is 0. The molecule has 0 aromatic carbocycles. The molecule has 1 atom stereocenters. The van der Waals surface area contributed by atoms with Crippen LogP contribution in [0.5, 0.6) is 0 Å². The van der Waals surface area contributed by atoms with Crippen LogP contribution in [0.25, 0.3) is 0 Å². The van der Waals surface area contributed by atoms with Gasteiger partial charge < -0.3 is 4.90 Å². The van der Waals surface area contributed by atoms with Crippen LogP contribution >= 0.6 is 0 Å². The van der Waals surface area contributed by atoms with Gasteiger partial charge in [-0.3, -0.25) is 4.79 Å². The number of rotatable bonds is 2. The van der Waals surface area contributed by atoms with Crippen molar-refractivity contribution < 1.29 is 4.79 Å². The highest BCUT2D eigenvalue weighted by molar-refractivity contribution is 5.80. The number of hydrogen-bond acceptors (Lipinski definition) is 1. The lowest BCUT2D eigenvalue weighted by atomic mass is 10.0. The van der Waals surface area contributed by atoms with Gasteiger partial charge in [0.1, 0.15) is 0 Å². The van der Waals surface area contributed by atoms with Gasteiger partial charge in [0, 0.05) is 18.5 Å². The molecule has 0 aromatic heterocycles. The predicted octanol–water partition coefficient (Wildman–Crippen LogP) is 3.13. The molecular weight excluding hydrogens is 198 g/mol. The van der Waals surface area contributed by atoms with E-state index in [1.807, 2.05) is 0 Å². The van der Waals surface area contributed by atoms with Gasteiger partial charge in [0.2, 0.25) is 5.91 Å². The lowest BCUT2D eigenvalue weighted by Crippen LogP contribution is -2.42. The average molecular weight is 221 g/mol. The van der Waals surface area contributed by atoms with Gasteiger partial charge in [-0.15, -0.1) is 0 Å². The zero-order valence-electron chi connectivity index (χ0n) is 10.3. The Kier molecular flexibility index (Phi) is 4.03. The first kappa shape index (κ1) is 11.7. The molecule has 2 nitrogen and oxygen atoms in total. The van der Waals surface area contributed by atoms with Gasteiger partial charge in [-0.05, 0) is 32.1 Å². The average Bonchev–Trinajstić information content (AvgIpc) is 2.73. The molecule has 1 fully saturated rings. The summed E-state index contributed by atoms with van der Waals surface area (Å²) in [5, 5.41) is 0. The molecule has 0 bridgehead atoms. The second-order valence-electron chi connectivity index (χ2n) is 5.08. The third-order valence-electron chi connectivity index (χ3n) is 3.99. The van der Waals surface area contributed by atoms with Crippen molar-refractivity contribution in [1.29, 1.82) is 0 Å². The predicted molar refractivity (Wildman–Crippen MR) is 66.1 cm³/mol. The molecule has 0 unspecified atom stereocenters. The lowest BCUT2D eigenvalue weighted by Gasteiger charge is -2.31. The highest BCUT2D eigenvalue weighted by Crippen LogP contribution is 2.26. The first-order valence-electron chi connectivity index (χ1n) is 6.78. The summed E-state index contributed by atoms with van der Waals surface area (Å²) in [4.78, 5) is 14.6. The third kappa shape index (κ3) is 2.47. The number of carbonyl (C=O) groups excluding carboxylic acids is 1. The van der Waals surface area contributed by atoms with E-state index in [0.717, 1.165) is 25.8 Å². The van der Waals surface area contributed by atoms with Crippen LogP contribution in [0.1, 0.15) is 51.9 Å². The molecule has 16 heavy (non-hydrogen) atoms. The summed E-state index contributed by atoms with van der Waals surface area (Å²) in [6, 6.07) is 0.510. The highest BCUT2D eigenvalue weighted by atomic mass is 16.2. The maximum atomic E-state index is 12.4. The largest absolute Gasteiger partial charge is 0.339 e. The minimum Gasteiger partial charge on any atom is -0.339 e. The normalized spacial score (nSPS) is 27.1. The van der Waals surface area contributed by atoms with E-state index in [1.165, 1.54) is 25.7 Å². The van der Waals surface area contributed by atoms with Crippen LogP contribution in [-0.4, -0.2) is 23.4 Å². The van der Waals surface area contributed by atoms with Crippen LogP contribution < -0.4 is 0 Å². The van der Waals surface area contributed by atoms with Crippen LogP contribution in [0, 0.1) is 5.92 Å². The van der Waals surface area contributed by atoms with Crippen LogP contribution in [0.15, 0.2) is 12.2 Å². The molecular formula is C14H23NO. The van der Waals surface area contributed by atoms with E-state index in [-0.39, 0.29) is 5.92 Å². The molecule has 0 aromatic rings. The van der Waals surface area contributed by atoms with Crippen molar-refractivity contribution >= 4 is 5.91 Å². The summed E-state index contributed by atoms with van der Waals surface area (Å²) in [5.41, 5.74) is 0. The van der Waals surface area contributed by atoms with Crippen molar-refractivity contribution in [2.45, 2.75) is 57.9 Å². The summed E-state index contributed by atoms with van der Waals surface area (Å²) in [6.45, 7) is 3.21. The van der Waals surface area contributed by atoms with Crippen molar-refractivity contribution in [3.63, 3.8) is 0 Å². The van der Waals surface area contributed by atoms with Crippen LogP contribution in [0.4, 0.5) is 0 Å². The first-order valence-corrected chi connectivity index (χ1v) is 6.78. The van der Waals surface area contributed by atoms with E-state index in [2.05, 4.69) is 24.0 Å². The number of carbonyl (C=O) groups is 1. The molecule has 2 aliphatic rings. The summed E-state index contributed by atoms with van der Waals surface area (Å²) in [6.07, 6.45) is 12.4. The molecule has 1 heterocycles. The minimum atomic E-state index is 0.257. The molecule has 2 heteroatoms. The van der Waals surface area contributed by atoms with Gasteiger partial charge in [0.05, 0.1) is 0 Å².